The van der Waals surface area contributed by atoms with E-state index in [0.29, 0.717) is 6.54 Å². The lowest BCUT2D eigenvalue weighted by molar-refractivity contribution is -0.117. The van der Waals surface area contributed by atoms with Crippen molar-refractivity contribution < 1.29 is 9.90 Å². The van der Waals surface area contributed by atoms with E-state index in [9.17, 15) is 9.90 Å². The predicted molar refractivity (Wildman–Crippen MR) is 69.0 cm³/mol. The van der Waals surface area contributed by atoms with Crippen LogP contribution in [0.4, 0.5) is 0 Å². The molecule has 4 heteroatoms. The van der Waals surface area contributed by atoms with E-state index in [1.807, 2.05) is 0 Å². The van der Waals surface area contributed by atoms with Crippen LogP contribution in [-0.2, 0) is 4.79 Å². The van der Waals surface area contributed by atoms with Crippen molar-refractivity contribution in [2.24, 2.45) is 0 Å². The van der Waals surface area contributed by atoms with Crippen LogP contribution in [0.5, 0.6) is 0 Å². The fourth-order valence-electron chi connectivity index (χ4n) is 2.39. The number of ketones is 1. The van der Waals surface area contributed by atoms with Crippen molar-refractivity contribution in [2.75, 3.05) is 32.8 Å². The third kappa shape index (κ3) is 3.91. The van der Waals surface area contributed by atoms with Crippen LogP contribution in [0.3, 0.4) is 0 Å². The Morgan fingerprint density at radius 3 is 2.59 bits per heavy atom. The summed E-state index contributed by atoms with van der Waals surface area (Å²) in [6.07, 6.45) is 1.37. The summed E-state index contributed by atoms with van der Waals surface area (Å²) in [5.41, 5.74) is 0.0575. The third-order valence-corrected chi connectivity index (χ3v) is 3.25. The van der Waals surface area contributed by atoms with Gasteiger partial charge in [0.25, 0.3) is 0 Å². The molecule has 0 amide bonds. The molecule has 0 aliphatic carbocycles. The number of piperazine rings is 1. The van der Waals surface area contributed by atoms with E-state index >= 15 is 0 Å². The number of carbonyl (C=O) groups excluding carboxylic acids is 1. The van der Waals surface area contributed by atoms with Crippen LogP contribution < -0.4 is 0 Å². The zero-order valence-corrected chi connectivity index (χ0v) is 11.1. The summed E-state index contributed by atoms with van der Waals surface area (Å²) >= 11 is 0. The second kappa shape index (κ2) is 5.76. The Balaban J connectivity index is 2.60. The molecular weight excluding hydrogens is 216 g/mol. The molecule has 0 aromatic carbocycles. The van der Waals surface area contributed by atoms with E-state index in [4.69, 9.17) is 0 Å². The smallest absolute Gasteiger partial charge is 0.169 e. The molecular formula is C13H24N2O2. The summed E-state index contributed by atoms with van der Waals surface area (Å²) in [4.78, 5) is 15.7. The fourth-order valence-corrected chi connectivity index (χ4v) is 2.39. The molecule has 1 N–H and O–H groups in total. The highest BCUT2D eigenvalue weighted by Crippen LogP contribution is 2.20. The number of carbonyl (C=O) groups is 1. The first-order valence-corrected chi connectivity index (χ1v) is 6.13. The van der Waals surface area contributed by atoms with E-state index in [-0.39, 0.29) is 24.0 Å². The number of rotatable bonds is 4. The minimum atomic E-state index is 0.0471. The average molecular weight is 240 g/mol. The quantitative estimate of drug-likeness (QED) is 0.728. The van der Waals surface area contributed by atoms with Crippen molar-refractivity contribution in [3.8, 4) is 0 Å². The summed E-state index contributed by atoms with van der Waals surface area (Å²) in [5, 5.41) is 9.46. The van der Waals surface area contributed by atoms with E-state index in [0.717, 1.165) is 19.6 Å². The maximum absolute atomic E-state index is 11.3. The zero-order valence-electron chi connectivity index (χ0n) is 11.1. The maximum Gasteiger partial charge on any atom is 0.169 e. The largest absolute Gasteiger partial charge is 0.395 e. The minimum absolute atomic E-state index is 0.0471. The molecule has 0 bridgehead atoms. The topological polar surface area (TPSA) is 43.8 Å². The van der Waals surface area contributed by atoms with Gasteiger partial charge in [0.05, 0.1) is 13.2 Å². The van der Waals surface area contributed by atoms with Crippen molar-refractivity contribution in [1.82, 2.24) is 9.80 Å². The SMILES string of the molecule is C=CC(=O)CN1CCN(C(C)(C)C)C(CO)C1. The van der Waals surface area contributed by atoms with Gasteiger partial charge in [0.1, 0.15) is 0 Å². The van der Waals surface area contributed by atoms with Gasteiger partial charge >= 0.3 is 0 Å². The van der Waals surface area contributed by atoms with Gasteiger partial charge in [-0.1, -0.05) is 6.58 Å². The Labute approximate surface area is 104 Å². The molecule has 1 fully saturated rings. The average Bonchev–Trinajstić information content (AvgIpc) is 2.27. The molecule has 0 saturated carbocycles. The number of aliphatic hydroxyl groups excluding tert-OH is 1. The van der Waals surface area contributed by atoms with Gasteiger partial charge in [0.2, 0.25) is 0 Å². The first-order chi connectivity index (χ1) is 7.88. The monoisotopic (exact) mass is 240 g/mol. The van der Waals surface area contributed by atoms with Gasteiger partial charge in [0.15, 0.2) is 5.78 Å². The number of hydrogen-bond acceptors (Lipinski definition) is 4. The minimum Gasteiger partial charge on any atom is -0.395 e. The Morgan fingerprint density at radius 2 is 2.12 bits per heavy atom. The maximum atomic E-state index is 11.3. The molecule has 17 heavy (non-hydrogen) atoms. The lowest BCUT2D eigenvalue weighted by Gasteiger charge is -2.47. The Bertz CT molecular complexity index is 284. The lowest BCUT2D eigenvalue weighted by Crippen LogP contribution is -2.60. The molecule has 4 nitrogen and oxygen atoms in total. The summed E-state index contributed by atoms with van der Waals surface area (Å²) in [6, 6.07) is 0.112. The van der Waals surface area contributed by atoms with Gasteiger partial charge in [-0.05, 0) is 26.8 Å². The van der Waals surface area contributed by atoms with Gasteiger partial charge in [-0.2, -0.15) is 0 Å². The Hall–Kier alpha value is -0.710. The molecule has 0 radical (unpaired) electrons. The highest BCUT2D eigenvalue weighted by molar-refractivity contribution is 5.90. The van der Waals surface area contributed by atoms with Crippen LogP contribution >= 0.6 is 0 Å². The fraction of sp³-hybridized carbons (Fsp3) is 0.769. The normalized spacial score (nSPS) is 23.6. The standard InChI is InChI=1S/C13H24N2O2/c1-5-12(17)9-14-6-7-15(13(2,3)4)11(8-14)10-16/h5,11,16H,1,6-10H2,2-4H3. The highest BCUT2D eigenvalue weighted by atomic mass is 16.3. The predicted octanol–water partition coefficient (Wildman–Crippen LogP) is 0.518. The number of aliphatic hydroxyl groups is 1. The number of hydrogen-bond donors (Lipinski definition) is 1. The summed E-state index contributed by atoms with van der Waals surface area (Å²) < 4.78 is 0. The summed E-state index contributed by atoms with van der Waals surface area (Å²) in [5.74, 6) is 0.0471. The zero-order chi connectivity index (χ0) is 13.1. The molecule has 1 unspecified atom stereocenters. The molecule has 0 aromatic rings. The van der Waals surface area contributed by atoms with Crippen LogP contribution in [0.1, 0.15) is 20.8 Å². The second-order valence-corrected chi connectivity index (χ2v) is 5.61. The van der Waals surface area contributed by atoms with Gasteiger partial charge in [-0.3, -0.25) is 14.6 Å². The second-order valence-electron chi connectivity index (χ2n) is 5.61. The van der Waals surface area contributed by atoms with Crippen molar-refractivity contribution in [2.45, 2.75) is 32.4 Å². The molecule has 1 heterocycles. The van der Waals surface area contributed by atoms with Crippen molar-refractivity contribution >= 4 is 5.78 Å². The molecule has 1 saturated heterocycles. The lowest BCUT2D eigenvalue weighted by atomic mass is 10.0. The molecule has 1 aliphatic heterocycles. The molecule has 1 rings (SSSR count). The summed E-state index contributed by atoms with van der Waals surface area (Å²) in [6.45, 7) is 13.0. The van der Waals surface area contributed by atoms with E-state index in [1.54, 1.807) is 0 Å². The van der Waals surface area contributed by atoms with E-state index < -0.39 is 0 Å². The van der Waals surface area contributed by atoms with Gasteiger partial charge < -0.3 is 5.11 Å². The summed E-state index contributed by atoms with van der Waals surface area (Å²) in [7, 11) is 0. The molecule has 1 atom stereocenters. The van der Waals surface area contributed by atoms with Crippen LogP contribution in [-0.4, -0.2) is 65.1 Å². The molecule has 0 aromatic heterocycles. The van der Waals surface area contributed by atoms with Crippen molar-refractivity contribution in [1.29, 1.82) is 0 Å². The molecule has 0 spiro atoms. The van der Waals surface area contributed by atoms with E-state index in [2.05, 4.69) is 37.1 Å². The first-order valence-electron chi connectivity index (χ1n) is 6.13. The molecule has 98 valence electrons. The van der Waals surface area contributed by atoms with Crippen molar-refractivity contribution in [3.05, 3.63) is 12.7 Å². The van der Waals surface area contributed by atoms with Crippen molar-refractivity contribution in [3.63, 3.8) is 0 Å². The Morgan fingerprint density at radius 1 is 1.47 bits per heavy atom. The van der Waals surface area contributed by atoms with E-state index in [1.165, 1.54) is 6.08 Å². The van der Waals surface area contributed by atoms with Crippen LogP contribution in [0.15, 0.2) is 12.7 Å². The van der Waals surface area contributed by atoms with Gasteiger partial charge in [-0.25, -0.2) is 0 Å². The van der Waals surface area contributed by atoms with Crippen LogP contribution in [0, 0.1) is 0 Å². The van der Waals surface area contributed by atoms with Crippen LogP contribution in [0.25, 0.3) is 0 Å². The molecule has 1 aliphatic rings. The number of nitrogens with zero attached hydrogens (tertiary/aromatic N) is 2. The third-order valence-electron chi connectivity index (χ3n) is 3.25. The Kier molecular flexibility index (Phi) is 4.86. The first kappa shape index (κ1) is 14.4. The van der Waals surface area contributed by atoms with Crippen LogP contribution in [0.2, 0.25) is 0 Å². The highest BCUT2D eigenvalue weighted by Gasteiger charge is 2.33. The van der Waals surface area contributed by atoms with Gasteiger partial charge in [-0.15, -0.1) is 0 Å². The van der Waals surface area contributed by atoms with Gasteiger partial charge in [0, 0.05) is 31.2 Å².